The summed E-state index contributed by atoms with van der Waals surface area (Å²) in [5.41, 5.74) is 5.68. The van der Waals surface area contributed by atoms with Crippen molar-refractivity contribution in [3.8, 4) is 22.4 Å². The number of nitrogens with zero attached hydrogens (tertiary/aromatic N) is 1. The number of aromatic nitrogens is 1. The van der Waals surface area contributed by atoms with E-state index in [0.717, 1.165) is 21.8 Å². The zero-order valence-electron chi connectivity index (χ0n) is 11.2. The minimum Gasteiger partial charge on any atom is -0.256 e. The molecule has 0 N–H and O–H groups in total. The van der Waals surface area contributed by atoms with Crippen molar-refractivity contribution in [3.63, 3.8) is 0 Å². The van der Waals surface area contributed by atoms with Crippen LogP contribution < -0.4 is 0 Å². The zero-order valence-corrected chi connectivity index (χ0v) is 11.9. The van der Waals surface area contributed by atoms with Crippen molar-refractivity contribution in [2.45, 2.75) is 6.92 Å². The SMILES string of the molecule is Cc1ccc(-c2ccc(Cl)cc2)c(-c2ccccn2)c1. The lowest BCUT2D eigenvalue weighted by Gasteiger charge is -2.10. The molecule has 0 aliphatic carbocycles. The van der Waals surface area contributed by atoms with Gasteiger partial charge in [-0.1, -0.05) is 47.5 Å². The molecule has 1 heterocycles. The Morgan fingerprint density at radius 2 is 1.65 bits per heavy atom. The van der Waals surface area contributed by atoms with Crippen LogP contribution >= 0.6 is 11.6 Å². The monoisotopic (exact) mass is 279 g/mol. The van der Waals surface area contributed by atoms with Crippen LogP contribution in [0.3, 0.4) is 0 Å². The van der Waals surface area contributed by atoms with Crippen molar-refractivity contribution in [2.24, 2.45) is 0 Å². The minimum atomic E-state index is 0.750. The fourth-order valence-corrected chi connectivity index (χ4v) is 2.40. The largest absolute Gasteiger partial charge is 0.256 e. The molecule has 2 aromatic carbocycles. The predicted molar refractivity (Wildman–Crippen MR) is 84.9 cm³/mol. The number of halogens is 1. The molecule has 1 aromatic heterocycles. The van der Waals surface area contributed by atoms with Crippen LogP contribution in [0.5, 0.6) is 0 Å². The Kier molecular flexibility index (Phi) is 3.53. The van der Waals surface area contributed by atoms with Crippen LogP contribution in [-0.4, -0.2) is 4.98 Å². The minimum absolute atomic E-state index is 0.750. The smallest absolute Gasteiger partial charge is 0.0708 e. The van der Waals surface area contributed by atoms with Crippen molar-refractivity contribution < 1.29 is 0 Å². The first-order chi connectivity index (χ1) is 9.74. The quantitative estimate of drug-likeness (QED) is 0.614. The Hall–Kier alpha value is -2.12. The molecule has 0 spiro atoms. The van der Waals surface area contributed by atoms with E-state index in [1.54, 1.807) is 0 Å². The van der Waals surface area contributed by atoms with Crippen molar-refractivity contribution in [3.05, 3.63) is 77.4 Å². The van der Waals surface area contributed by atoms with Gasteiger partial charge in [0.05, 0.1) is 5.69 Å². The summed E-state index contributed by atoms with van der Waals surface area (Å²) in [6.07, 6.45) is 1.82. The van der Waals surface area contributed by atoms with E-state index in [-0.39, 0.29) is 0 Å². The Morgan fingerprint density at radius 3 is 2.35 bits per heavy atom. The van der Waals surface area contributed by atoms with Gasteiger partial charge in [-0.3, -0.25) is 4.98 Å². The van der Waals surface area contributed by atoms with Crippen molar-refractivity contribution in [1.29, 1.82) is 0 Å². The number of pyridine rings is 1. The highest BCUT2D eigenvalue weighted by Crippen LogP contribution is 2.32. The van der Waals surface area contributed by atoms with E-state index in [9.17, 15) is 0 Å². The molecule has 0 amide bonds. The van der Waals surface area contributed by atoms with Gasteiger partial charge in [-0.25, -0.2) is 0 Å². The molecule has 3 aromatic rings. The standard InChI is InChI=1S/C18H14ClN/c1-13-5-10-16(14-6-8-15(19)9-7-14)17(12-13)18-4-2-3-11-20-18/h2-12H,1H3. The molecule has 3 rings (SSSR count). The third-order valence-electron chi connectivity index (χ3n) is 3.27. The predicted octanol–water partition coefficient (Wildman–Crippen LogP) is 5.38. The molecule has 0 bridgehead atoms. The molecule has 0 saturated heterocycles. The van der Waals surface area contributed by atoms with E-state index < -0.39 is 0 Å². The first-order valence-corrected chi connectivity index (χ1v) is 6.90. The van der Waals surface area contributed by atoms with Crippen molar-refractivity contribution >= 4 is 11.6 Å². The average Bonchev–Trinajstić information content (AvgIpc) is 2.49. The van der Waals surface area contributed by atoms with Crippen LogP contribution in [-0.2, 0) is 0 Å². The fourth-order valence-electron chi connectivity index (χ4n) is 2.27. The van der Waals surface area contributed by atoms with Gasteiger partial charge in [0.1, 0.15) is 0 Å². The molecular weight excluding hydrogens is 266 g/mol. The average molecular weight is 280 g/mol. The zero-order chi connectivity index (χ0) is 13.9. The Morgan fingerprint density at radius 1 is 0.850 bits per heavy atom. The van der Waals surface area contributed by atoms with E-state index in [1.165, 1.54) is 11.1 Å². The van der Waals surface area contributed by atoms with E-state index in [0.29, 0.717) is 0 Å². The maximum Gasteiger partial charge on any atom is 0.0708 e. The molecule has 98 valence electrons. The van der Waals surface area contributed by atoms with Crippen LogP contribution in [0.4, 0.5) is 0 Å². The second-order valence-corrected chi connectivity index (χ2v) is 5.21. The summed E-state index contributed by atoms with van der Waals surface area (Å²) < 4.78 is 0. The highest BCUT2D eigenvalue weighted by Gasteiger charge is 2.08. The number of aryl methyl sites for hydroxylation is 1. The molecule has 0 saturated carbocycles. The molecule has 0 fully saturated rings. The Labute approximate surface area is 123 Å². The van der Waals surface area contributed by atoms with E-state index >= 15 is 0 Å². The normalized spacial score (nSPS) is 10.5. The second-order valence-electron chi connectivity index (χ2n) is 4.77. The molecule has 0 radical (unpaired) electrons. The van der Waals surface area contributed by atoms with Crippen LogP contribution in [0.25, 0.3) is 22.4 Å². The van der Waals surface area contributed by atoms with Gasteiger partial charge in [-0.2, -0.15) is 0 Å². The topological polar surface area (TPSA) is 12.9 Å². The second kappa shape index (κ2) is 5.48. The molecule has 0 aliphatic rings. The summed E-state index contributed by atoms with van der Waals surface area (Å²) in [6.45, 7) is 2.10. The fraction of sp³-hybridized carbons (Fsp3) is 0.0556. The van der Waals surface area contributed by atoms with E-state index in [1.807, 2.05) is 48.7 Å². The summed E-state index contributed by atoms with van der Waals surface area (Å²) in [5.74, 6) is 0. The number of rotatable bonds is 2. The maximum absolute atomic E-state index is 5.97. The number of benzene rings is 2. The summed E-state index contributed by atoms with van der Waals surface area (Å²) in [5, 5.41) is 0.750. The maximum atomic E-state index is 5.97. The Bertz CT molecular complexity index is 718. The first kappa shape index (κ1) is 12.9. The lowest BCUT2D eigenvalue weighted by Crippen LogP contribution is -1.88. The first-order valence-electron chi connectivity index (χ1n) is 6.52. The molecule has 1 nitrogen and oxygen atoms in total. The van der Waals surface area contributed by atoms with Gasteiger partial charge in [0, 0.05) is 16.8 Å². The van der Waals surface area contributed by atoms with E-state index in [2.05, 4.69) is 30.1 Å². The van der Waals surface area contributed by atoms with Gasteiger partial charge in [0.15, 0.2) is 0 Å². The number of hydrogen-bond donors (Lipinski definition) is 0. The van der Waals surface area contributed by atoms with Gasteiger partial charge in [0.2, 0.25) is 0 Å². The van der Waals surface area contributed by atoms with Gasteiger partial charge in [0.25, 0.3) is 0 Å². The van der Waals surface area contributed by atoms with Gasteiger partial charge in [-0.15, -0.1) is 0 Å². The molecular formula is C18H14ClN. The van der Waals surface area contributed by atoms with E-state index in [4.69, 9.17) is 11.6 Å². The van der Waals surface area contributed by atoms with Gasteiger partial charge in [-0.05, 0) is 48.4 Å². The van der Waals surface area contributed by atoms with Crippen LogP contribution in [0.15, 0.2) is 66.9 Å². The van der Waals surface area contributed by atoms with Crippen molar-refractivity contribution in [2.75, 3.05) is 0 Å². The lowest BCUT2D eigenvalue weighted by atomic mass is 9.95. The van der Waals surface area contributed by atoms with Crippen LogP contribution in [0, 0.1) is 6.92 Å². The van der Waals surface area contributed by atoms with Gasteiger partial charge >= 0.3 is 0 Å². The summed E-state index contributed by atoms with van der Waals surface area (Å²) in [4.78, 5) is 4.47. The highest BCUT2D eigenvalue weighted by molar-refractivity contribution is 6.30. The van der Waals surface area contributed by atoms with Crippen molar-refractivity contribution in [1.82, 2.24) is 4.98 Å². The third-order valence-corrected chi connectivity index (χ3v) is 3.52. The highest BCUT2D eigenvalue weighted by atomic mass is 35.5. The molecule has 0 unspecified atom stereocenters. The van der Waals surface area contributed by atoms with Gasteiger partial charge < -0.3 is 0 Å². The van der Waals surface area contributed by atoms with Crippen LogP contribution in [0.2, 0.25) is 5.02 Å². The lowest BCUT2D eigenvalue weighted by molar-refractivity contribution is 1.32. The molecule has 20 heavy (non-hydrogen) atoms. The molecule has 0 atom stereocenters. The molecule has 2 heteroatoms. The third kappa shape index (κ3) is 2.59. The summed E-state index contributed by atoms with van der Waals surface area (Å²) in [6, 6.07) is 20.3. The van der Waals surface area contributed by atoms with Crippen LogP contribution in [0.1, 0.15) is 5.56 Å². The summed E-state index contributed by atoms with van der Waals surface area (Å²) >= 11 is 5.97. The summed E-state index contributed by atoms with van der Waals surface area (Å²) in [7, 11) is 0. The number of hydrogen-bond acceptors (Lipinski definition) is 1. The Balaban J connectivity index is 2.19. The molecule has 0 aliphatic heterocycles.